The molecule has 2 rings (SSSR count). The van der Waals surface area contributed by atoms with E-state index in [1.165, 1.54) is 11.1 Å². The quantitative estimate of drug-likeness (QED) is 0.833. The molecule has 0 saturated carbocycles. The van der Waals surface area contributed by atoms with E-state index in [0.717, 1.165) is 11.1 Å². The van der Waals surface area contributed by atoms with Crippen molar-refractivity contribution in [1.29, 1.82) is 0 Å². The predicted molar refractivity (Wildman–Crippen MR) is 82.9 cm³/mol. The van der Waals surface area contributed by atoms with Gasteiger partial charge in [0.1, 0.15) is 0 Å². The molecule has 0 unspecified atom stereocenters. The number of rotatable bonds is 3. The van der Waals surface area contributed by atoms with Crippen molar-refractivity contribution in [2.24, 2.45) is 0 Å². The molecule has 0 N–H and O–H groups in total. The van der Waals surface area contributed by atoms with Gasteiger partial charge in [-0.15, -0.1) is 0 Å². The molecular formula is C18H21NO. The first-order valence-corrected chi connectivity index (χ1v) is 6.83. The number of carbonyl (C=O) groups is 1. The van der Waals surface area contributed by atoms with E-state index in [4.69, 9.17) is 0 Å². The van der Waals surface area contributed by atoms with Crippen LogP contribution in [0, 0.1) is 13.8 Å². The van der Waals surface area contributed by atoms with Gasteiger partial charge < -0.3 is 4.90 Å². The molecule has 0 spiro atoms. The number of hydrogen-bond acceptors (Lipinski definition) is 1. The molecule has 104 valence electrons. The fourth-order valence-electron chi connectivity index (χ4n) is 2.25. The van der Waals surface area contributed by atoms with Gasteiger partial charge in [0.25, 0.3) is 0 Å². The first kappa shape index (κ1) is 14.3. The number of hydrogen-bond donors (Lipinski definition) is 0. The van der Waals surface area contributed by atoms with E-state index < -0.39 is 0 Å². The molecule has 0 aliphatic heterocycles. The van der Waals surface area contributed by atoms with Gasteiger partial charge in [0.05, 0.1) is 5.92 Å². The van der Waals surface area contributed by atoms with Crippen molar-refractivity contribution in [2.75, 3.05) is 14.1 Å². The molecular weight excluding hydrogens is 246 g/mol. The Morgan fingerprint density at radius 1 is 0.800 bits per heavy atom. The molecule has 0 atom stereocenters. The molecule has 0 heterocycles. The fourth-order valence-corrected chi connectivity index (χ4v) is 2.25. The Morgan fingerprint density at radius 2 is 1.15 bits per heavy atom. The number of carbonyl (C=O) groups excluding carboxylic acids is 1. The zero-order valence-corrected chi connectivity index (χ0v) is 12.6. The summed E-state index contributed by atoms with van der Waals surface area (Å²) in [5.41, 5.74) is 4.48. The van der Waals surface area contributed by atoms with Crippen molar-refractivity contribution in [3.63, 3.8) is 0 Å². The van der Waals surface area contributed by atoms with E-state index in [1.54, 1.807) is 19.0 Å². The Morgan fingerprint density at radius 3 is 1.45 bits per heavy atom. The van der Waals surface area contributed by atoms with Crippen molar-refractivity contribution in [2.45, 2.75) is 19.8 Å². The Balaban J connectivity index is 2.47. The van der Waals surface area contributed by atoms with Crippen LogP contribution in [0.5, 0.6) is 0 Å². The third-order valence-electron chi connectivity index (χ3n) is 3.51. The van der Waals surface area contributed by atoms with Gasteiger partial charge in [0.2, 0.25) is 5.91 Å². The summed E-state index contributed by atoms with van der Waals surface area (Å²) in [6.45, 7) is 4.11. The lowest BCUT2D eigenvalue weighted by atomic mass is 9.89. The Bertz CT molecular complexity index is 536. The van der Waals surface area contributed by atoms with E-state index >= 15 is 0 Å². The standard InChI is InChI=1S/C18H21NO/c1-13-5-9-15(10-6-13)17(18(20)19(3)4)16-11-7-14(2)8-12-16/h5-12,17H,1-4H3. The van der Waals surface area contributed by atoms with E-state index in [2.05, 4.69) is 38.1 Å². The first-order chi connectivity index (χ1) is 9.49. The van der Waals surface area contributed by atoms with Gasteiger partial charge in [-0.2, -0.15) is 0 Å². The minimum absolute atomic E-state index is 0.109. The number of nitrogens with zero attached hydrogens (tertiary/aromatic N) is 1. The van der Waals surface area contributed by atoms with E-state index in [9.17, 15) is 4.79 Å². The van der Waals surface area contributed by atoms with Gasteiger partial charge in [-0.25, -0.2) is 0 Å². The van der Waals surface area contributed by atoms with Crippen molar-refractivity contribution in [1.82, 2.24) is 4.90 Å². The van der Waals surface area contributed by atoms with Gasteiger partial charge in [-0.3, -0.25) is 4.79 Å². The smallest absolute Gasteiger partial charge is 0.234 e. The monoisotopic (exact) mass is 267 g/mol. The zero-order chi connectivity index (χ0) is 14.7. The molecule has 1 amide bonds. The highest BCUT2D eigenvalue weighted by molar-refractivity contribution is 5.86. The number of amides is 1. The largest absolute Gasteiger partial charge is 0.348 e. The van der Waals surface area contributed by atoms with Crippen LogP contribution < -0.4 is 0 Å². The normalized spacial score (nSPS) is 10.7. The summed E-state index contributed by atoms with van der Waals surface area (Å²) in [6.07, 6.45) is 0. The second-order valence-corrected chi connectivity index (χ2v) is 5.49. The summed E-state index contributed by atoms with van der Waals surface area (Å²) in [5.74, 6) is -0.121. The molecule has 2 aromatic carbocycles. The number of aryl methyl sites for hydroxylation is 2. The van der Waals surface area contributed by atoms with Gasteiger partial charge in [-0.1, -0.05) is 59.7 Å². The molecule has 2 aromatic rings. The van der Waals surface area contributed by atoms with Crippen molar-refractivity contribution >= 4 is 5.91 Å². The average molecular weight is 267 g/mol. The Kier molecular flexibility index (Phi) is 4.23. The van der Waals surface area contributed by atoms with Crippen LogP contribution in [-0.4, -0.2) is 24.9 Å². The summed E-state index contributed by atoms with van der Waals surface area (Å²) < 4.78 is 0. The molecule has 0 aliphatic rings. The molecule has 2 nitrogen and oxygen atoms in total. The summed E-state index contributed by atoms with van der Waals surface area (Å²) in [4.78, 5) is 14.2. The number of likely N-dealkylation sites (N-methyl/N-ethyl adjacent to an activating group) is 1. The van der Waals surface area contributed by atoms with Crippen molar-refractivity contribution in [3.05, 3.63) is 70.8 Å². The zero-order valence-electron chi connectivity index (χ0n) is 12.6. The summed E-state index contributed by atoms with van der Waals surface area (Å²) in [5, 5.41) is 0. The molecule has 20 heavy (non-hydrogen) atoms. The molecule has 0 fully saturated rings. The number of benzene rings is 2. The van der Waals surface area contributed by atoms with Gasteiger partial charge in [0, 0.05) is 14.1 Å². The van der Waals surface area contributed by atoms with Crippen LogP contribution in [-0.2, 0) is 4.79 Å². The summed E-state index contributed by atoms with van der Waals surface area (Å²) in [6, 6.07) is 16.4. The van der Waals surface area contributed by atoms with Crippen LogP contribution in [0.15, 0.2) is 48.5 Å². The lowest BCUT2D eigenvalue weighted by Gasteiger charge is -2.21. The maximum atomic E-state index is 12.5. The van der Waals surface area contributed by atoms with E-state index in [-0.39, 0.29) is 11.8 Å². The fraction of sp³-hybridized carbons (Fsp3) is 0.278. The third-order valence-corrected chi connectivity index (χ3v) is 3.51. The minimum atomic E-state index is -0.230. The highest BCUT2D eigenvalue weighted by Gasteiger charge is 2.23. The predicted octanol–water partition coefficient (Wildman–Crippen LogP) is 3.52. The van der Waals surface area contributed by atoms with E-state index in [0.29, 0.717) is 0 Å². The second kappa shape index (κ2) is 5.91. The summed E-state index contributed by atoms with van der Waals surface area (Å²) >= 11 is 0. The van der Waals surface area contributed by atoms with Gasteiger partial charge in [0.15, 0.2) is 0 Å². The molecule has 0 radical (unpaired) electrons. The SMILES string of the molecule is Cc1ccc(C(C(=O)N(C)C)c2ccc(C)cc2)cc1. The lowest BCUT2D eigenvalue weighted by Crippen LogP contribution is -2.29. The maximum Gasteiger partial charge on any atom is 0.234 e. The van der Waals surface area contributed by atoms with Crippen LogP contribution in [0.4, 0.5) is 0 Å². The van der Waals surface area contributed by atoms with Crippen LogP contribution in [0.1, 0.15) is 28.2 Å². The van der Waals surface area contributed by atoms with E-state index in [1.807, 2.05) is 24.3 Å². The topological polar surface area (TPSA) is 20.3 Å². The molecule has 0 aromatic heterocycles. The first-order valence-electron chi connectivity index (χ1n) is 6.83. The van der Waals surface area contributed by atoms with Crippen LogP contribution >= 0.6 is 0 Å². The van der Waals surface area contributed by atoms with Crippen LogP contribution in [0.2, 0.25) is 0 Å². The Labute approximate surface area is 121 Å². The molecule has 0 saturated heterocycles. The van der Waals surface area contributed by atoms with Gasteiger partial charge in [-0.05, 0) is 25.0 Å². The van der Waals surface area contributed by atoms with Crippen molar-refractivity contribution < 1.29 is 4.79 Å². The second-order valence-electron chi connectivity index (χ2n) is 5.49. The molecule has 0 bridgehead atoms. The highest BCUT2D eigenvalue weighted by atomic mass is 16.2. The molecule has 2 heteroatoms. The third kappa shape index (κ3) is 3.08. The lowest BCUT2D eigenvalue weighted by molar-refractivity contribution is -0.129. The minimum Gasteiger partial charge on any atom is -0.348 e. The average Bonchev–Trinajstić information content (AvgIpc) is 2.43. The maximum absolute atomic E-state index is 12.5. The summed E-state index contributed by atoms with van der Waals surface area (Å²) in [7, 11) is 3.61. The van der Waals surface area contributed by atoms with Crippen LogP contribution in [0.25, 0.3) is 0 Å². The Hall–Kier alpha value is -2.09. The van der Waals surface area contributed by atoms with Gasteiger partial charge >= 0.3 is 0 Å². The van der Waals surface area contributed by atoms with Crippen molar-refractivity contribution in [3.8, 4) is 0 Å². The highest BCUT2D eigenvalue weighted by Crippen LogP contribution is 2.27. The van der Waals surface area contributed by atoms with Crippen LogP contribution in [0.3, 0.4) is 0 Å². The molecule has 0 aliphatic carbocycles.